The van der Waals surface area contributed by atoms with Crippen molar-refractivity contribution in [3.63, 3.8) is 0 Å². The molecule has 1 aromatic carbocycles. The van der Waals surface area contributed by atoms with Crippen LogP contribution in [0.5, 0.6) is 5.75 Å². The Kier molecular flexibility index (Phi) is 5.75. The number of thioether (sulfide) groups is 1. The average molecular weight is 350 g/mol. The Morgan fingerprint density at radius 2 is 2.22 bits per heavy atom. The number of halogens is 1. The minimum Gasteiger partial charge on any atom is -0.489 e. The molecule has 0 N–H and O–H groups in total. The van der Waals surface area contributed by atoms with E-state index in [9.17, 15) is 9.59 Å². The van der Waals surface area contributed by atoms with Crippen molar-refractivity contribution in [3.05, 3.63) is 33.7 Å². The van der Waals surface area contributed by atoms with Gasteiger partial charge in [-0.25, -0.2) is 0 Å². The monoisotopic (exact) mass is 349 g/mol. The number of carbonyl (C=O) groups excluding carboxylic acids is 2. The highest BCUT2D eigenvalue weighted by Crippen LogP contribution is 2.33. The summed E-state index contributed by atoms with van der Waals surface area (Å²) in [5.74, 6) is 2.52. The lowest BCUT2D eigenvalue weighted by Crippen LogP contribution is -2.28. The van der Waals surface area contributed by atoms with E-state index in [0.29, 0.717) is 15.7 Å². The number of imide groups is 1. The Bertz CT molecular complexity index is 708. The van der Waals surface area contributed by atoms with Gasteiger partial charge in [0.05, 0.1) is 22.6 Å². The zero-order chi connectivity index (χ0) is 17.0. The normalized spacial score (nSPS) is 17.5. The molecular weight excluding hydrogens is 334 g/mol. The maximum atomic E-state index is 12.1. The van der Waals surface area contributed by atoms with Crippen molar-refractivity contribution in [2.45, 2.75) is 26.4 Å². The average Bonchev–Trinajstić information content (AvgIpc) is 2.78. The molecule has 0 aromatic heterocycles. The summed E-state index contributed by atoms with van der Waals surface area (Å²) in [5, 5.41) is 0.101. The number of hydrogen-bond acceptors (Lipinski definition) is 4. The summed E-state index contributed by atoms with van der Waals surface area (Å²) < 4.78 is 5.70. The van der Waals surface area contributed by atoms with E-state index in [2.05, 4.69) is 5.92 Å². The quantitative estimate of drug-likeness (QED) is 0.590. The maximum Gasteiger partial charge on any atom is 0.294 e. The zero-order valence-electron chi connectivity index (χ0n) is 12.8. The van der Waals surface area contributed by atoms with Gasteiger partial charge in [0.1, 0.15) is 5.75 Å². The Balaban J connectivity index is 2.21. The van der Waals surface area contributed by atoms with Crippen LogP contribution in [0.1, 0.15) is 25.8 Å². The van der Waals surface area contributed by atoms with Crippen LogP contribution < -0.4 is 4.74 Å². The van der Waals surface area contributed by atoms with Gasteiger partial charge < -0.3 is 4.74 Å². The highest BCUT2D eigenvalue weighted by atomic mass is 35.5. The molecule has 0 bridgehead atoms. The van der Waals surface area contributed by atoms with Crippen LogP contribution >= 0.6 is 23.4 Å². The van der Waals surface area contributed by atoms with E-state index in [1.807, 2.05) is 13.8 Å². The number of benzene rings is 1. The second-order valence-corrected chi connectivity index (χ2v) is 6.40. The first kappa shape index (κ1) is 17.5. The van der Waals surface area contributed by atoms with Gasteiger partial charge in [0, 0.05) is 0 Å². The summed E-state index contributed by atoms with van der Waals surface area (Å²) in [6.45, 7) is 3.97. The van der Waals surface area contributed by atoms with Crippen LogP contribution in [0.4, 0.5) is 4.79 Å². The van der Waals surface area contributed by atoms with E-state index in [1.54, 1.807) is 24.3 Å². The van der Waals surface area contributed by atoms with E-state index >= 15 is 0 Å². The van der Waals surface area contributed by atoms with E-state index < -0.39 is 0 Å². The van der Waals surface area contributed by atoms with Crippen LogP contribution in [-0.2, 0) is 4.79 Å². The third kappa shape index (κ3) is 4.10. The van der Waals surface area contributed by atoms with Crippen LogP contribution in [-0.4, -0.2) is 28.7 Å². The molecule has 0 unspecified atom stereocenters. The maximum absolute atomic E-state index is 12.1. The van der Waals surface area contributed by atoms with Gasteiger partial charge in [0.2, 0.25) is 0 Å². The van der Waals surface area contributed by atoms with Gasteiger partial charge >= 0.3 is 0 Å². The van der Waals surface area contributed by atoms with Crippen LogP contribution in [0.25, 0.3) is 6.08 Å². The summed E-state index contributed by atoms with van der Waals surface area (Å²) in [4.78, 5) is 25.2. The topological polar surface area (TPSA) is 46.6 Å². The first-order valence-electron chi connectivity index (χ1n) is 7.11. The number of ether oxygens (including phenoxy) is 1. The summed E-state index contributed by atoms with van der Waals surface area (Å²) in [5.41, 5.74) is 0.720. The fraction of sp³-hybridized carbons (Fsp3) is 0.294. The van der Waals surface area contributed by atoms with E-state index in [0.717, 1.165) is 28.6 Å². The molecule has 1 aliphatic heterocycles. The highest BCUT2D eigenvalue weighted by Gasteiger charge is 2.34. The predicted octanol–water partition coefficient (Wildman–Crippen LogP) is 4.19. The van der Waals surface area contributed by atoms with Crippen molar-refractivity contribution >= 4 is 40.6 Å². The molecule has 1 atom stereocenters. The Labute approximate surface area is 144 Å². The minimum absolute atomic E-state index is 0.0234. The first-order valence-corrected chi connectivity index (χ1v) is 8.30. The highest BCUT2D eigenvalue weighted by molar-refractivity contribution is 8.18. The van der Waals surface area contributed by atoms with Gasteiger partial charge in [-0.05, 0) is 48.9 Å². The lowest BCUT2D eigenvalue weighted by Gasteiger charge is -2.14. The molecule has 1 aromatic rings. The fourth-order valence-corrected chi connectivity index (χ4v) is 2.95. The molecule has 120 valence electrons. The summed E-state index contributed by atoms with van der Waals surface area (Å²) in [7, 11) is 0. The van der Waals surface area contributed by atoms with Crippen molar-refractivity contribution in [3.8, 4) is 18.1 Å². The Morgan fingerprint density at radius 1 is 1.48 bits per heavy atom. The molecule has 1 saturated heterocycles. The van der Waals surface area contributed by atoms with Crippen molar-refractivity contribution in [1.82, 2.24) is 4.90 Å². The molecular formula is C17H16ClNO3S. The number of carbonyl (C=O) groups is 2. The second kappa shape index (κ2) is 7.58. The smallest absolute Gasteiger partial charge is 0.294 e. The van der Waals surface area contributed by atoms with Crippen molar-refractivity contribution < 1.29 is 14.3 Å². The van der Waals surface area contributed by atoms with Crippen LogP contribution in [0.15, 0.2) is 23.1 Å². The SMILES string of the molecule is C#CCN1C(=O)S/C(=C/c2ccc(O[C@@H](C)CC)c(Cl)c2)C1=O. The summed E-state index contributed by atoms with van der Waals surface area (Å²) >= 11 is 7.08. The van der Waals surface area contributed by atoms with E-state index in [-0.39, 0.29) is 23.8 Å². The van der Waals surface area contributed by atoms with Crippen LogP contribution in [0.3, 0.4) is 0 Å². The Morgan fingerprint density at radius 3 is 2.83 bits per heavy atom. The number of rotatable bonds is 5. The third-order valence-electron chi connectivity index (χ3n) is 3.28. The molecule has 0 aliphatic carbocycles. The lowest BCUT2D eigenvalue weighted by molar-refractivity contribution is -0.122. The van der Waals surface area contributed by atoms with Crippen LogP contribution in [0, 0.1) is 12.3 Å². The molecule has 23 heavy (non-hydrogen) atoms. The molecule has 6 heteroatoms. The largest absolute Gasteiger partial charge is 0.489 e. The molecule has 2 amide bonds. The lowest BCUT2D eigenvalue weighted by atomic mass is 10.2. The van der Waals surface area contributed by atoms with Crippen molar-refractivity contribution in [2.75, 3.05) is 6.54 Å². The van der Waals surface area contributed by atoms with E-state index in [4.69, 9.17) is 22.8 Å². The molecule has 4 nitrogen and oxygen atoms in total. The predicted molar refractivity (Wildman–Crippen MR) is 93.3 cm³/mol. The molecule has 0 radical (unpaired) electrons. The number of amides is 2. The second-order valence-electron chi connectivity index (χ2n) is 5.00. The molecule has 0 spiro atoms. The summed E-state index contributed by atoms with van der Waals surface area (Å²) in [6.07, 6.45) is 7.73. The van der Waals surface area contributed by atoms with Gasteiger partial charge in [-0.15, -0.1) is 6.42 Å². The van der Waals surface area contributed by atoms with Gasteiger partial charge in [0.15, 0.2) is 0 Å². The van der Waals surface area contributed by atoms with Gasteiger partial charge in [-0.3, -0.25) is 14.5 Å². The van der Waals surface area contributed by atoms with Crippen LogP contribution in [0.2, 0.25) is 5.02 Å². The fourth-order valence-electron chi connectivity index (χ4n) is 1.88. The van der Waals surface area contributed by atoms with Gasteiger partial charge in [-0.2, -0.15) is 0 Å². The van der Waals surface area contributed by atoms with Crippen molar-refractivity contribution in [2.24, 2.45) is 0 Å². The van der Waals surface area contributed by atoms with Gasteiger partial charge in [0.25, 0.3) is 11.1 Å². The minimum atomic E-state index is -0.381. The molecule has 0 saturated carbocycles. The molecule has 2 rings (SSSR count). The van der Waals surface area contributed by atoms with E-state index in [1.165, 1.54) is 0 Å². The molecule has 1 fully saturated rings. The Hall–Kier alpha value is -1.90. The standard InChI is InChI=1S/C17H16ClNO3S/c1-4-8-19-16(20)15(23-17(19)21)10-12-6-7-14(13(18)9-12)22-11(3)5-2/h1,6-7,9-11H,5,8H2,2-3H3/b15-10+/t11-/m0/s1. The summed E-state index contributed by atoms with van der Waals surface area (Å²) in [6, 6.07) is 5.25. The third-order valence-corrected chi connectivity index (χ3v) is 4.48. The molecule has 1 aliphatic rings. The number of hydrogen-bond donors (Lipinski definition) is 0. The van der Waals surface area contributed by atoms with Crippen molar-refractivity contribution in [1.29, 1.82) is 0 Å². The zero-order valence-corrected chi connectivity index (χ0v) is 14.4. The molecule has 1 heterocycles. The number of nitrogens with zero attached hydrogens (tertiary/aromatic N) is 1. The first-order chi connectivity index (χ1) is 11.0. The van der Waals surface area contributed by atoms with Gasteiger partial charge in [-0.1, -0.05) is 30.5 Å². The number of terminal acetylenes is 1.